The molecule has 0 aromatic heterocycles. The van der Waals surface area contributed by atoms with Gasteiger partial charge < -0.3 is 9.84 Å². The molecule has 13 heavy (non-hydrogen) atoms. The predicted octanol–water partition coefficient (Wildman–Crippen LogP) is 1.96. The van der Waals surface area contributed by atoms with E-state index in [0.29, 0.717) is 17.9 Å². The molecule has 3 unspecified atom stereocenters. The highest BCUT2D eigenvalue weighted by molar-refractivity contribution is 4.91. The van der Waals surface area contributed by atoms with E-state index < -0.39 is 0 Å². The Morgan fingerprint density at radius 3 is 2.54 bits per heavy atom. The van der Waals surface area contributed by atoms with Crippen molar-refractivity contribution in [3.8, 4) is 0 Å². The molecule has 1 aliphatic carbocycles. The molecule has 0 amide bonds. The van der Waals surface area contributed by atoms with Gasteiger partial charge in [-0.2, -0.15) is 0 Å². The van der Waals surface area contributed by atoms with Crippen molar-refractivity contribution in [2.75, 3.05) is 6.61 Å². The minimum absolute atomic E-state index is 0.215. The zero-order valence-electron chi connectivity index (χ0n) is 8.62. The van der Waals surface area contributed by atoms with Gasteiger partial charge in [-0.05, 0) is 31.6 Å². The van der Waals surface area contributed by atoms with Gasteiger partial charge in [0.05, 0.1) is 18.8 Å². The molecule has 1 N–H and O–H groups in total. The van der Waals surface area contributed by atoms with Crippen molar-refractivity contribution in [1.29, 1.82) is 0 Å². The van der Waals surface area contributed by atoms with Crippen LogP contribution in [0.15, 0.2) is 0 Å². The maximum Gasteiger partial charge on any atom is 0.0826 e. The Bertz CT molecular complexity index is 177. The van der Waals surface area contributed by atoms with Crippen molar-refractivity contribution >= 4 is 0 Å². The van der Waals surface area contributed by atoms with Crippen LogP contribution in [-0.4, -0.2) is 23.9 Å². The average Bonchev–Trinajstić information content (AvgIpc) is 2.33. The summed E-state index contributed by atoms with van der Waals surface area (Å²) in [7, 11) is 0. The van der Waals surface area contributed by atoms with Crippen LogP contribution >= 0.6 is 0 Å². The molecule has 2 heteroatoms. The summed E-state index contributed by atoms with van der Waals surface area (Å²) in [5.41, 5.74) is 0.508. The highest BCUT2D eigenvalue weighted by Gasteiger charge is 2.41. The van der Waals surface area contributed by atoms with E-state index in [2.05, 4.69) is 13.8 Å². The smallest absolute Gasteiger partial charge is 0.0826 e. The van der Waals surface area contributed by atoms with Gasteiger partial charge >= 0.3 is 0 Å². The molecule has 1 heterocycles. The molecule has 76 valence electrons. The summed E-state index contributed by atoms with van der Waals surface area (Å²) in [4.78, 5) is 0. The summed E-state index contributed by atoms with van der Waals surface area (Å²) in [6.07, 6.45) is 5.23. The Hall–Kier alpha value is -0.0800. The van der Waals surface area contributed by atoms with Gasteiger partial charge in [-0.3, -0.25) is 0 Å². The molecule has 3 atom stereocenters. The van der Waals surface area contributed by atoms with Crippen LogP contribution < -0.4 is 0 Å². The van der Waals surface area contributed by atoms with Crippen molar-refractivity contribution in [3.05, 3.63) is 0 Å². The summed E-state index contributed by atoms with van der Waals surface area (Å²) in [5, 5.41) is 9.72. The first kappa shape index (κ1) is 9.47. The maximum absolute atomic E-state index is 9.72. The first-order valence-corrected chi connectivity index (χ1v) is 5.40. The molecule has 2 aliphatic rings. The summed E-state index contributed by atoms with van der Waals surface area (Å²) in [6.45, 7) is 4.97. The maximum atomic E-state index is 9.72. The third-order valence-electron chi connectivity index (χ3n) is 3.92. The van der Waals surface area contributed by atoms with Crippen LogP contribution in [0.2, 0.25) is 0 Å². The van der Waals surface area contributed by atoms with E-state index in [1.54, 1.807) is 0 Å². The fraction of sp³-hybridized carbons (Fsp3) is 1.00. The molecule has 1 saturated heterocycles. The van der Waals surface area contributed by atoms with E-state index in [4.69, 9.17) is 4.74 Å². The lowest BCUT2D eigenvalue weighted by Crippen LogP contribution is -2.34. The molecule has 0 radical (unpaired) electrons. The Kier molecular flexibility index (Phi) is 2.37. The van der Waals surface area contributed by atoms with E-state index in [9.17, 15) is 5.11 Å². The Morgan fingerprint density at radius 2 is 2.15 bits per heavy atom. The molecule has 2 fully saturated rings. The summed E-state index contributed by atoms with van der Waals surface area (Å²) in [5.74, 6) is 0.380. The van der Waals surface area contributed by atoms with Gasteiger partial charge in [0, 0.05) is 5.92 Å². The third-order valence-corrected chi connectivity index (χ3v) is 3.92. The largest absolute Gasteiger partial charge is 0.390 e. The highest BCUT2D eigenvalue weighted by atomic mass is 16.5. The predicted molar refractivity (Wildman–Crippen MR) is 51.5 cm³/mol. The van der Waals surface area contributed by atoms with Gasteiger partial charge in [0.1, 0.15) is 0 Å². The molecular formula is C11H20O2. The van der Waals surface area contributed by atoms with Crippen LogP contribution in [0.5, 0.6) is 0 Å². The lowest BCUT2D eigenvalue weighted by molar-refractivity contribution is 0.0524. The second-order valence-electron chi connectivity index (χ2n) is 5.14. The van der Waals surface area contributed by atoms with Crippen LogP contribution in [0.4, 0.5) is 0 Å². The summed E-state index contributed by atoms with van der Waals surface area (Å²) in [6, 6.07) is 0. The number of aliphatic hydroxyl groups is 1. The second-order valence-corrected chi connectivity index (χ2v) is 5.14. The molecule has 1 saturated carbocycles. The van der Waals surface area contributed by atoms with E-state index in [1.165, 1.54) is 19.3 Å². The molecule has 0 aromatic rings. The SMILES string of the molecule is CC1OCC(O)C1CC1(C)CCC1. The first-order chi connectivity index (χ1) is 6.11. The normalized spacial score (nSPS) is 43.2. The molecule has 0 bridgehead atoms. The second kappa shape index (κ2) is 3.25. The summed E-state index contributed by atoms with van der Waals surface area (Å²) < 4.78 is 5.44. The molecule has 0 spiro atoms. The molecule has 2 nitrogen and oxygen atoms in total. The minimum atomic E-state index is -0.215. The minimum Gasteiger partial charge on any atom is -0.390 e. The molecular weight excluding hydrogens is 164 g/mol. The van der Waals surface area contributed by atoms with Crippen LogP contribution in [0, 0.1) is 11.3 Å². The van der Waals surface area contributed by atoms with Crippen LogP contribution in [0.25, 0.3) is 0 Å². The topological polar surface area (TPSA) is 29.5 Å². The van der Waals surface area contributed by atoms with Crippen molar-refractivity contribution < 1.29 is 9.84 Å². The van der Waals surface area contributed by atoms with E-state index in [1.807, 2.05) is 0 Å². The molecule has 0 aromatic carbocycles. The molecule has 1 aliphatic heterocycles. The average molecular weight is 184 g/mol. The zero-order chi connectivity index (χ0) is 9.47. The number of hydrogen-bond donors (Lipinski definition) is 1. The summed E-state index contributed by atoms with van der Waals surface area (Å²) >= 11 is 0. The van der Waals surface area contributed by atoms with Crippen LogP contribution in [-0.2, 0) is 4.74 Å². The highest BCUT2D eigenvalue weighted by Crippen LogP contribution is 2.47. The van der Waals surface area contributed by atoms with Crippen LogP contribution in [0.1, 0.15) is 39.5 Å². The van der Waals surface area contributed by atoms with E-state index in [0.717, 1.165) is 6.42 Å². The standard InChI is InChI=1S/C11H20O2/c1-8-9(10(12)7-13-8)6-11(2)4-3-5-11/h8-10,12H,3-7H2,1-2H3. The first-order valence-electron chi connectivity index (χ1n) is 5.40. The van der Waals surface area contributed by atoms with E-state index in [-0.39, 0.29) is 12.2 Å². The molecule has 2 rings (SSSR count). The Labute approximate surface area is 80.3 Å². The van der Waals surface area contributed by atoms with Crippen molar-refractivity contribution in [2.45, 2.75) is 51.7 Å². The van der Waals surface area contributed by atoms with Gasteiger partial charge in [-0.1, -0.05) is 13.3 Å². The fourth-order valence-corrected chi connectivity index (χ4v) is 2.67. The fourth-order valence-electron chi connectivity index (χ4n) is 2.67. The van der Waals surface area contributed by atoms with Gasteiger partial charge in [-0.15, -0.1) is 0 Å². The number of aliphatic hydroxyl groups excluding tert-OH is 1. The van der Waals surface area contributed by atoms with Gasteiger partial charge in [0.15, 0.2) is 0 Å². The van der Waals surface area contributed by atoms with Gasteiger partial charge in [0.25, 0.3) is 0 Å². The number of rotatable bonds is 2. The van der Waals surface area contributed by atoms with Gasteiger partial charge in [-0.25, -0.2) is 0 Å². The number of ether oxygens (including phenoxy) is 1. The quantitative estimate of drug-likeness (QED) is 0.711. The Morgan fingerprint density at radius 1 is 1.46 bits per heavy atom. The Balaban J connectivity index is 1.92. The monoisotopic (exact) mass is 184 g/mol. The zero-order valence-corrected chi connectivity index (χ0v) is 8.62. The number of hydrogen-bond acceptors (Lipinski definition) is 2. The van der Waals surface area contributed by atoms with E-state index >= 15 is 0 Å². The van der Waals surface area contributed by atoms with Gasteiger partial charge in [0.2, 0.25) is 0 Å². The van der Waals surface area contributed by atoms with Crippen molar-refractivity contribution in [3.63, 3.8) is 0 Å². The van der Waals surface area contributed by atoms with Crippen molar-refractivity contribution in [1.82, 2.24) is 0 Å². The lowest BCUT2D eigenvalue weighted by atomic mass is 9.65. The van der Waals surface area contributed by atoms with Crippen LogP contribution in [0.3, 0.4) is 0 Å². The third kappa shape index (κ3) is 1.75. The lowest BCUT2D eigenvalue weighted by Gasteiger charge is -2.41. The van der Waals surface area contributed by atoms with Crippen molar-refractivity contribution in [2.24, 2.45) is 11.3 Å².